The van der Waals surface area contributed by atoms with Crippen LogP contribution in [-0.2, 0) is 11.3 Å². The molecule has 0 atom stereocenters. The van der Waals surface area contributed by atoms with Crippen molar-refractivity contribution in [1.29, 1.82) is 0 Å². The topological polar surface area (TPSA) is 32.8 Å². The Morgan fingerprint density at radius 3 is 2.24 bits per heavy atom. The first-order valence-corrected chi connectivity index (χ1v) is 11.3. The van der Waals surface area contributed by atoms with Crippen molar-refractivity contribution in [3.8, 4) is 11.8 Å². The summed E-state index contributed by atoms with van der Waals surface area (Å²) in [4.78, 5) is 15.4. The first-order valence-electron chi connectivity index (χ1n) is 11.3. The summed E-state index contributed by atoms with van der Waals surface area (Å²) in [6.45, 7) is 5.54. The molecule has 4 nitrogen and oxygen atoms in total. The van der Waals surface area contributed by atoms with Crippen molar-refractivity contribution in [3.63, 3.8) is 0 Å². The van der Waals surface area contributed by atoms with Gasteiger partial charge in [0.15, 0.2) is 0 Å². The Labute approximate surface area is 195 Å². The average Bonchev–Trinajstić information content (AvgIpc) is 3.11. The normalized spacial score (nSPS) is 18.9. The van der Waals surface area contributed by atoms with Gasteiger partial charge in [-0.15, -0.1) is 0 Å². The molecule has 2 fully saturated rings. The number of piperidine rings is 1. The van der Waals surface area contributed by atoms with Crippen molar-refractivity contribution >= 4 is 6.09 Å². The van der Waals surface area contributed by atoms with E-state index in [4.69, 9.17) is 0 Å². The zero-order chi connectivity index (χ0) is 25.1. The Morgan fingerprint density at radius 1 is 1.03 bits per heavy atom. The molecule has 1 amide bonds. The lowest BCUT2D eigenvalue weighted by atomic mass is 9.84. The van der Waals surface area contributed by atoms with Gasteiger partial charge in [-0.3, -0.25) is 4.90 Å². The summed E-state index contributed by atoms with van der Waals surface area (Å²) in [5.41, 5.74) is 1.74. The molecule has 10 heteroatoms. The minimum absolute atomic E-state index is 0.0343. The third-order valence-corrected chi connectivity index (χ3v) is 6.38. The molecule has 3 rings (SSSR count). The predicted molar refractivity (Wildman–Crippen MR) is 114 cm³/mol. The second kappa shape index (κ2) is 10.1. The summed E-state index contributed by atoms with van der Waals surface area (Å²) in [6, 6.07) is 7.84. The number of ether oxygens (including phenoxy) is 1. The number of hydrogen-bond donors (Lipinski definition) is 0. The van der Waals surface area contributed by atoms with E-state index in [0.29, 0.717) is 19.4 Å². The maximum atomic E-state index is 12.7. The van der Waals surface area contributed by atoms with E-state index in [0.717, 1.165) is 35.4 Å². The number of benzene rings is 1. The van der Waals surface area contributed by atoms with E-state index in [1.54, 1.807) is 0 Å². The second-order valence-electron chi connectivity index (χ2n) is 9.16. The van der Waals surface area contributed by atoms with Crippen LogP contribution in [0, 0.1) is 17.8 Å². The van der Waals surface area contributed by atoms with Crippen LogP contribution in [0.15, 0.2) is 24.3 Å². The second-order valence-corrected chi connectivity index (χ2v) is 9.16. The standard InChI is InChI=1S/C24H28F6N2O2/c1-17(2)8-9-18-6-3-4-7-19(18)16-32-13-5-10-22(32)11-14-31(15-12-22)21(33)34-20(23(25,26)27)24(28,29)30/h3-4,6-7,17,20H,5,10-16H2,1-2H3. The molecule has 2 heterocycles. The predicted octanol–water partition coefficient (Wildman–Crippen LogP) is 5.75. The fourth-order valence-corrected chi connectivity index (χ4v) is 4.62. The van der Waals surface area contributed by atoms with E-state index in [2.05, 4.69) is 21.5 Å². The highest BCUT2D eigenvalue weighted by Gasteiger charge is 2.60. The van der Waals surface area contributed by atoms with Crippen molar-refractivity contribution in [2.75, 3.05) is 19.6 Å². The summed E-state index contributed by atoms with van der Waals surface area (Å²) in [7, 11) is 0. The van der Waals surface area contributed by atoms with Crippen LogP contribution < -0.4 is 0 Å². The molecule has 0 bridgehead atoms. The van der Waals surface area contributed by atoms with Gasteiger partial charge in [-0.25, -0.2) is 4.79 Å². The summed E-state index contributed by atoms with van der Waals surface area (Å²) >= 11 is 0. The van der Waals surface area contributed by atoms with Gasteiger partial charge in [0.05, 0.1) is 0 Å². The number of nitrogens with zero attached hydrogens (tertiary/aromatic N) is 2. The number of carbonyl (C=O) groups excluding carboxylic acids is 1. The zero-order valence-electron chi connectivity index (χ0n) is 19.1. The fraction of sp³-hybridized carbons (Fsp3) is 0.625. The van der Waals surface area contributed by atoms with E-state index in [1.165, 1.54) is 0 Å². The maximum Gasteiger partial charge on any atom is 0.434 e. The summed E-state index contributed by atoms with van der Waals surface area (Å²) in [5.74, 6) is 6.61. The summed E-state index contributed by atoms with van der Waals surface area (Å²) in [6.07, 6.45) is -14.5. The SMILES string of the molecule is CC(C)C#Cc1ccccc1CN1CCCC12CCN(C(=O)OC(C(F)(F)F)C(F)(F)F)CC2. The Hall–Kier alpha value is -2.41. The molecule has 1 aromatic carbocycles. The molecule has 2 saturated heterocycles. The average molecular weight is 490 g/mol. The van der Waals surface area contributed by atoms with Crippen LogP contribution in [0.1, 0.15) is 50.7 Å². The monoisotopic (exact) mass is 490 g/mol. The Bertz CT molecular complexity index is 910. The molecule has 0 N–H and O–H groups in total. The smallest absolute Gasteiger partial charge is 0.426 e. The van der Waals surface area contributed by atoms with Crippen molar-refractivity contribution in [2.24, 2.45) is 5.92 Å². The molecule has 0 unspecified atom stereocenters. The van der Waals surface area contributed by atoms with Crippen LogP contribution in [0.4, 0.5) is 31.1 Å². The largest absolute Gasteiger partial charge is 0.434 e. The highest BCUT2D eigenvalue weighted by Crippen LogP contribution is 2.41. The minimum atomic E-state index is -5.72. The Morgan fingerprint density at radius 2 is 1.65 bits per heavy atom. The lowest BCUT2D eigenvalue weighted by Crippen LogP contribution is -2.54. The van der Waals surface area contributed by atoms with Gasteiger partial charge in [0.2, 0.25) is 0 Å². The van der Waals surface area contributed by atoms with Crippen LogP contribution in [0.25, 0.3) is 0 Å². The van der Waals surface area contributed by atoms with Gasteiger partial charge in [0, 0.05) is 36.7 Å². The number of carbonyl (C=O) groups is 1. The quantitative estimate of drug-likeness (QED) is 0.399. The van der Waals surface area contributed by atoms with Gasteiger partial charge in [-0.2, -0.15) is 26.3 Å². The van der Waals surface area contributed by atoms with Crippen molar-refractivity contribution in [3.05, 3.63) is 35.4 Å². The third-order valence-electron chi connectivity index (χ3n) is 6.38. The number of hydrogen-bond acceptors (Lipinski definition) is 3. The van der Waals surface area contributed by atoms with Gasteiger partial charge in [-0.05, 0) is 43.9 Å². The zero-order valence-corrected chi connectivity index (χ0v) is 19.1. The van der Waals surface area contributed by atoms with Crippen LogP contribution in [-0.4, -0.2) is 59.5 Å². The molecule has 2 aliphatic rings. The van der Waals surface area contributed by atoms with E-state index in [-0.39, 0.29) is 24.5 Å². The Balaban J connectivity index is 1.67. The van der Waals surface area contributed by atoms with E-state index < -0.39 is 24.5 Å². The molecule has 2 aliphatic heterocycles. The number of likely N-dealkylation sites (tertiary alicyclic amines) is 2. The van der Waals surface area contributed by atoms with Crippen LogP contribution in [0.3, 0.4) is 0 Å². The van der Waals surface area contributed by atoms with Gasteiger partial charge in [0.1, 0.15) is 0 Å². The van der Waals surface area contributed by atoms with E-state index in [9.17, 15) is 31.1 Å². The van der Waals surface area contributed by atoms with E-state index >= 15 is 0 Å². The van der Waals surface area contributed by atoms with Crippen molar-refractivity contribution < 1.29 is 35.9 Å². The van der Waals surface area contributed by atoms with Crippen LogP contribution in [0.5, 0.6) is 0 Å². The number of rotatable bonds is 3. The molecule has 0 aromatic heterocycles. The lowest BCUT2D eigenvalue weighted by Gasteiger charge is -2.45. The summed E-state index contributed by atoms with van der Waals surface area (Å²) in [5, 5.41) is 0. The Kier molecular flexibility index (Phi) is 7.75. The molecule has 1 spiro atoms. The van der Waals surface area contributed by atoms with Gasteiger partial charge in [0.25, 0.3) is 6.10 Å². The third kappa shape index (κ3) is 6.17. The maximum absolute atomic E-state index is 12.7. The molecule has 0 saturated carbocycles. The highest BCUT2D eigenvalue weighted by atomic mass is 19.4. The van der Waals surface area contributed by atoms with Crippen LogP contribution >= 0.6 is 0 Å². The molecular weight excluding hydrogens is 462 g/mol. The molecule has 188 valence electrons. The lowest BCUT2D eigenvalue weighted by molar-refractivity contribution is -0.308. The highest BCUT2D eigenvalue weighted by molar-refractivity contribution is 5.68. The van der Waals surface area contributed by atoms with Gasteiger partial charge in [-0.1, -0.05) is 43.9 Å². The number of alkyl halides is 6. The first-order chi connectivity index (χ1) is 15.8. The van der Waals surface area contributed by atoms with Crippen molar-refractivity contribution in [1.82, 2.24) is 9.80 Å². The van der Waals surface area contributed by atoms with Crippen molar-refractivity contribution in [2.45, 2.75) is 70.1 Å². The molecule has 0 radical (unpaired) electrons. The molecule has 0 aliphatic carbocycles. The fourth-order valence-electron chi connectivity index (χ4n) is 4.62. The first kappa shape index (κ1) is 26.2. The van der Waals surface area contributed by atoms with E-state index in [1.807, 2.05) is 38.1 Å². The molecule has 1 aromatic rings. The van der Waals surface area contributed by atoms with Gasteiger partial charge >= 0.3 is 18.4 Å². The minimum Gasteiger partial charge on any atom is -0.426 e. The number of halogens is 6. The van der Waals surface area contributed by atoms with Crippen LogP contribution in [0.2, 0.25) is 0 Å². The number of amides is 1. The summed E-state index contributed by atoms with van der Waals surface area (Å²) < 4.78 is 80.3. The molecular formula is C24H28F6N2O2. The molecule has 34 heavy (non-hydrogen) atoms. The van der Waals surface area contributed by atoms with Gasteiger partial charge < -0.3 is 9.64 Å².